The standard InChI is InChI=1S/C25H25F3N2O3/c1-3-33-23(31)15-6-17-4-12-21(13-5-17)29-16-19-9-14-22(30-24(19)32-2)18-7-10-20(11-8-18)25(26,27)28/h4-5,7-14,29H,3,6,15-16H2,1-2H3. The Morgan fingerprint density at radius 3 is 2.30 bits per heavy atom. The van der Waals surface area contributed by atoms with Gasteiger partial charge in [0.25, 0.3) is 0 Å². The average molecular weight is 458 g/mol. The molecular weight excluding hydrogens is 433 g/mol. The first-order valence-corrected chi connectivity index (χ1v) is 10.5. The average Bonchev–Trinajstić information content (AvgIpc) is 2.81. The van der Waals surface area contributed by atoms with Crippen LogP contribution in [0.25, 0.3) is 11.3 Å². The number of alkyl halides is 3. The van der Waals surface area contributed by atoms with Crippen LogP contribution < -0.4 is 10.1 Å². The van der Waals surface area contributed by atoms with Crippen molar-refractivity contribution in [3.63, 3.8) is 0 Å². The molecule has 0 aliphatic heterocycles. The molecular formula is C25H25F3N2O3. The van der Waals surface area contributed by atoms with Gasteiger partial charge in [0.1, 0.15) is 0 Å². The van der Waals surface area contributed by atoms with Crippen molar-refractivity contribution in [2.75, 3.05) is 19.0 Å². The summed E-state index contributed by atoms with van der Waals surface area (Å²) in [6.45, 7) is 2.61. The van der Waals surface area contributed by atoms with Crippen LogP contribution in [-0.4, -0.2) is 24.7 Å². The van der Waals surface area contributed by atoms with Crippen LogP contribution in [0.4, 0.5) is 18.9 Å². The molecule has 0 aliphatic carbocycles. The first kappa shape index (κ1) is 24.1. The quantitative estimate of drug-likeness (QED) is 0.406. The summed E-state index contributed by atoms with van der Waals surface area (Å²) < 4.78 is 48.7. The van der Waals surface area contributed by atoms with E-state index >= 15 is 0 Å². The summed E-state index contributed by atoms with van der Waals surface area (Å²) >= 11 is 0. The zero-order valence-corrected chi connectivity index (χ0v) is 18.4. The van der Waals surface area contributed by atoms with Gasteiger partial charge in [0.2, 0.25) is 5.88 Å². The summed E-state index contributed by atoms with van der Waals surface area (Å²) in [5.74, 6) is 0.185. The van der Waals surface area contributed by atoms with Gasteiger partial charge in [-0.25, -0.2) is 4.98 Å². The van der Waals surface area contributed by atoms with Crippen molar-refractivity contribution in [3.05, 3.63) is 77.4 Å². The van der Waals surface area contributed by atoms with Crippen LogP contribution in [0.2, 0.25) is 0 Å². The molecule has 33 heavy (non-hydrogen) atoms. The molecule has 0 amide bonds. The highest BCUT2D eigenvalue weighted by molar-refractivity contribution is 5.69. The molecule has 3 aromatic rings. The lowest BCUT2D eigenvalue weighted by Crippen LogP contribution is -2.06. The number of rotatable bonds is 9. The van der Waals surface area contributed by atoms with Gasteiger partial charge in [-0.1, -0.05) is 24.3 Å². The van der Waals surface area contributed by atoms with Gasteiger partial charge in [-0.2, -0.15) is 13.2 Å². The molecule has 2 aromatic carbocycles. The molecule has 8 heteroatoms. The number of aryl methyl sites for hydroxylation is 1. The molecule has 0 saturated carbocycles. The highest BCUT2D eigenvalue weighted by Gasteiger charge is 2.30. The van der Waals surface area contributed by atoms with E-state index in [1.54, 1.807) is 13.0 Å². The van der Waals surface area contributed by atoms with Crippen LogP contribution in [0, 0.1) is 0 Å². The van der Waals surface area contributed by atoms with Gasteiger partial charge >= 0.3 is 12.1 Å². The second-order valence-corrected chi connectivity index (χ2v) is 7.30. The number of carbonyl (C=O) groups excluding carboxylic acids is 1. The minimum absolute atomic E-state index is 0.209. The molecule has 0 atom stereocenters. The molecule has 0 bridgehead atoms. The highest BCUT2D eigenvalue weighted by Crippen LogP contribution is 2.31. The monoisotopic (exact) mass is 458 g/mol. The Hall–Kier alpha value is -3.55. The summed E-state index contributed by atoms with van der Waals surface area (Å²) in [7, 11) is 1.50. The number of esters is 1. The second kappa shape index (κ2) is 10.8. The second-order valence-electron chi connectivity index (χ2n) is 7.30. The van der Waals surface area contributed by atoms with Gasteiger partial charge in [0.15, 0.2) is 0 Å². The van der Waals surface area contributed by atoms with E-state index in [-0.39, 0.29) is 5.97 Å². The Morgan fingerprint density at radius 1 is 1.00 bits per heavy atom. The number of nitrogens with one attached hydrogen (secondary N) is 1. The predicted octanol–water partition coefficient (Wildman–Crippen LogP) is 5.88. The predicted molar refractivity (Wildman–Crippen MR) is 120 cm³/mol. The Morgan fingerprint density at radius 2 is 1.70 bits per heavy atom. The maximum atomic E-state index is 12.8. The fraction of sp³-hybridized carbons (Fsp3) is 0.280. The number of ether oxygens (including phenoxy) is 2. The van der Waals surface area contributed by atoms with Crippen molar-refractivity contribution < 1.29 is 27.4 Å². The van der Waals surface area contributed by atoms with E-state index in [2.05, 4.69) is 10.3 Å². The van der Waals surface area contributed by atoms with E-state index in [9.17, 15) is 18.0 Å². The maximum Gasteiger partial charge on any atom is 0.416 e. The zero-order chi connectivity index (χ0) is 23.8. The van der Waals surface area contributed by atoms with E-state index in [4.69, 9.17) is 9.47 Å². The molecule has 3 rings (SSSR count). The highest BCUT2D eigenvalue weighted by atomic mass is 19.4. The van der Waals surface area contributed by atoms with Gasteiger partial charge in [-0.15, -0.1) is 0 Å². The van der Waals surface area contributed by atoms with E-state index < -0.39 is 11.7 Å². The van der Waals surface area contributed by atoms with Crippen LogP contribution in [0.5, 0.6) is 5.88 Å². The van der Waals surface area contributed by atoms with Gasteiger partial charge in [0.05, 0.1) is 25.0 Å². The number of hydrogen-bond donors (Lipinski definition) is 1. The van der Waals surface area contributed by atoms with Crippen LogP contribution in [0.1, 0.15) is 30.0 Å². The minimum Gasteiger partial charge on any atom is -0.481 e. The van der Waals surface area contributed by atoms with Gasteiger partial charge in [0, 0.05) is 29.8 Å². The number of hydrogen-bond acceptors (Lipinski definition) is 5. The molecule has 0 aliphatic rings. The number of aromatic nitrogens is 1. The largest absolute Gasteiger partial charge is 0.481 e. The number of anilines is 1. The number of pyridine rings is 1. The third-order valence-corrected chi connectivity index (χ3v) is 5.00. The van der Waals surface area contributed by atoms with Crippen molar-refractivity contribution in [2.24, 2.45) is 0 Å². The molecule has 0 spiro atoms. The van der Waals surface area contributed by atoms with Crippen LogP contribution in [0.15, 0.2) is 60.7 Å². The first-order valence-electron chi connectivity index (χ1n) is 10.5. The molecule has 0 radical (unpaired) electrons. The van der Waals surface area contributed by atoms with Crippen LogP contribution in [0.3, 0.4) is 0 Å². The first-order chi connectivity index (χ1) is 15.8. The third-order valence-electron chi connectivity index (χ3n) is 5.00. The summed E-state index contributed by atoms with van der Waals surface area (Å²) in [6.07, 6.45) is -3.42. The molecule has 174 valence electrons. The Kier molecular flexibility index (Phi) is 7.92. The van der Waals surface area contributed by atoms with Crippen molar-refractivity contribution in [3.8, 4) is 17.1 Å². The fourth-order valence-corrected chi connectivity index (χ4v) is 3.24. The molecule has 0 saturated heterocycles. The molecule has 0 fully saturated rings. The number of methoxy groups -OCH3 is 1. The fourth-order valence-electron chi connectivity index (χ4n) is 3.24. The smallest absolute Gasteiger partial charge is 0.416 e. The molecule has 5 nitrogen and oxygen atoms in total. The number of benzene rings is 2. The Balaban J connectivity index is 1.63. The van der Waals surface area contributed by atoms with E-state index in [1.165, 1.54) is 19.2 Å². The minimum atomic E-state index is -4.38. The van der Waals surface area contributed by atoms with E-state index in [0.29, 0.717) is 43.1 Å². The maximum absolute atomic E-state index is 12.8. The third kappa shape index (κ3) is 6.71. The van der Waals surface area contributed by atoms with Crippen molar-refractivity contribution >= 4 is 11.7 Å². The van der Waals surface area contributed by atoms with Crippen molar-refractivity contribution in [1.29, 1.82) is 0 Å². The van der Waals surface area contributed by atoms with Crippen molar-refractivity contribution in [1.82, 2.24) is 4.98 Å². The molecule has 1 aromatic heterocycles. The lowest BCUT2D eigenvalue weighted by molar-refractivity contribution is -0.143. The number of carbonyl (C=O) groups is 1. The van der Waals surface area contributed by atoms with Crippen molar-refractivity contribution in [2.45, 2.75) is 32.5 Å². The van der Waals surface area contributed by atoms with Crippen LogP contribution in [-0.2, 0) is 28.7 Å². The SMILES string of the molecule is CCOC(=O)CCc1ccc(NCc2ccc(-c3ccc(C(F)(F)F)cc3)nc2OC)cc1. The van der Waals surface area contributed by atoms with Gasteiger partial charge in [-0.3, -0.25) is 4.79 Å². The van der Waals surface area contributed by atoms with E-state index in [0.717, 1.165) is 28.9 Å². The lowest BCUT2D eigenvalue weighted by Gasteiger charge is -2.12. The Bertz CT molecular complexity index is 1070. The summed E-state index contributed by atoms with van der Waals surface area (Å²) in [5.41, 5.74) is 3.12. The topological polar surface area (TPSA) is 60.5 Å². The normalized spacial score (nSPS) is 11.2. The van der Waals surface area contributed by atoms with E-state index in [1.807, 2.05) is 30.3 Å². The number of halogens is 3. The molecule has 0 unspecified atom stereocenters. The summed E-state index contributed by atoms with van der Waals surface area (Å²) in [6, 6.07) is 16.2. The summed E-state index contributed by atoms with van der Waals surface area (Å²) in [4.78, 5) is 15.9. The summed E-state index contributed by atoms with van der Waals surface area (Å²) in [5, 5.41) is 3.29. The van der Waals surface area contributed by atoms with Crippen LogP contribution >= 0.6 is 0 Å². The van der Waals surface area contributed by atoms with Gasteiger partial charge < -0.3 is 14.8 Å². The van der Waals surface area contributed by atoms with Gasteiger partial charge in [-0.05, 0) is 55.3 Å². The molecule has 1 heterocycles. The molecule has 1 N–H and O–H groups in total. The number of nitrogens with zero attached hydrogens (tertiary/aromatic N) is 1. The zero-order valence-electron chi connectivity index (χ0n) is 18.4. The lowest BCUT2D eigenvalue weighted by atomic mass is 10.1. The Labute approximate surface area is 190 Å².